The average Bonchev–Trinajstić information content (AvgIpc) is 2.81. The maximum absolute atomic E-state index is 11.6. The van der Waals surface area contributed by atoms with E-state index >= 15 is 0 Å². The van der Waals surface area contributed by atoms with Gasteiger partial charge in [-0.05, 0) is 19.1 Å². The number of ether oxygens (including phenoxy) is 1. The van der Waals surface area contributed by atoms with Crippen LogP contribution in [0.15, 0.2) is 17.2 Å². The van der Waals surface area contributed by atoms with Gasteiger partial charge in [0.05, 0.1) is 13.7 Å². The van der Waals surface area contributed by atoms with Crippen molar-refractivity contribution in [1.82, 2.24) is 10.4 Å². The topological polar surface area (TPSA) is 66.8 Å². The van der Waals surface area contributed by atoms with Gasteiger partial charge in [0, 0.05) is 11.9 Å². The number of hydrazine groups is 1. The van der Waals surface area contributed by atoms with Crippen LogP contribution in [-0.2, 0) is 4.74 Å². The fraction of sp³-hybridized carbons (Fsp3) is 0.300. The van der Waals surface area contributed by atoms with Crippen molar-refractivity contribution in [3.8, 4) is 0 Å². The number of rotatable bonds is 2. The molecule has 0 fully saturated rings. The number of aryl methyl sites for hydroxylation is 1. The summed E-state index contributed by atoms with van der Waals surface area (Å²) in [5, 5.41) is 5.57. The highest BCUT2D eigenvalue weighted by Crippen LogP contribution is 2.19. The summed E-state index contributed by atoms with van der Waals surface area (Å²) in [6, 6.07) is 3.60. The van der Waals surface area contributed by atoms with Crippen LogP contribution in [-0.4, -0.2) is 30.8 Å². The van der Waals surface area contributed by atoms with Crippen LogP contribution in [0, 0.1) is 6.92 Å². The Morgan fingerprint density at radius 2 is 2.38 bits per heavy atom. The fourth-order valence-electron chi connectivity index (χ4n) is 1.41. The lowest BCUT2D eigenvalue weighted by atomic mass is 10.2. The van der Waals surface area contributed by atoms with E-state index in [2.05, 4.69) is 20.2 Å². The smallest absolute Gasteiger partial charge is 0.358 e. The summed E-state index contributed by atoms with van der Waals surface area (Å²) < 4.78 is 4.68. The van der Waals surface area contributed by atoms with E-state index < -0.39 is 5.97 Å². The minimum atomic E-state index is -0.470. The van der Waals surface area contributed by atoms with Crippen molar-refractivity contribution in [2.24, 2.45) is 5.10 Å². The number of anilines is 1. The first kappa shape index (κ1) is 10.6. The molecule has 0 saturated heterocycles. The molecule has 0 atom stereocenters. The van der Waals surface area contributed by atoms with E-state index in [1.807, 2.05) is 13.0 Å². The maximum atomic E-state index is 11.6. The zero-order chi connectivity index (χ0) is 11.5. The minimum Gasteiger partial charge on any atom is -0.464 e. The molecule has 1 aromatic rings. The van der Waals surface area contributed by atoms with Crippen LogP contribution < -0.4 is 10.5 Å². The summed E-state index contributed by atoms with van der Waals surface area (Å²) in [6.45, 7) is 2.45. The predicted octanol–water partition coefficient (Wildman–Crippen LogP) is 0.487. The van der Waals surface area contributed by atoms with E-state index in [-0.39, 0.29) is 5.69 Å². The monoisotopic (exact) mass is 220 g/mol. The van der Waals surface area contributed by atoms with Crippen LogP contribution in [0.4, 0.5) is 5.69 Å². The quantitative estimate of drug-likeness (QED) is 0.734. The molecule has 0 unspecified atom stereocenters. The van der Waals surface area contributed by atoms with Crippen LogP contribution in [0.5, 0.6) is 0 Å². The second-order valence-corrected chi connectivity index (χ2v) is 3.28. The van der Waals surface area contributed by atoms with Crippen LogP contribution >= 0.6 is 0 Å². The zero-order valence-corrected chi connectivity index (χ0v) is 9.10. The van der Waals surface area contributed by atoms with Crippen molar-refractivity contribution >= 4 is 17.9 Å². The summed E-state index contributed by atoms with van der Waals surface area (Å²) in [7, 11) is 1.33. The molecule has 0 amide bonds. The first-order valence-corrected chi connectivity index (χ1v) is 4.84. The second kappa shape index (κ2) is 4.28. The summed E-state index contributed by atoms with van der Waals surface area (Å²) in [5.41, 5.74) is 4.58. The van der Waals surface area contributed by atoms with E-state index in [1.54, 1.807) is 12.3 Å². The van der Waals surface area contributed by atoms with Gasteiger partial charge in [-0.2, -0.15) is 10.2 Å². The van der Waals surface area contributed by atoms with Gasteiger partial charge in [0.15, 0.2) is 5.69 Å². The van der Waals surface area contributed by atoms with Crippen molar-refractivity contribution in [3.05, 3.63) is 23.5 Å². The molecule has 1 aliphatic heterocycles. The summed E-state index contributed by atoms with van der Waals surface area (Å²) >= 11 is 0. The predicted molar refractivity (Wildman–Crippen MR) is 59.3 cm³/mol. The summed E-state index contributed by atoms with van der Waals surface area (Å²) in [6.07, 6.45) is 1.71. The number of aromatic nitrogens is 1. The summed E-state index contributed by atoms with van der Waals surface area (Å²) in [5.74, 6) is -0.470. The normalized spacial score (nSPS) is 14.2. The van der Waals surface area contributed by atoms with E-state index in [0.29, 0.717) is 12.2 Å². The Morgan fingerprint density at radius 3 is 3.00 bits per heavy atom. The average molecular weight is 220 g/mol. The first-order chi connectivity index (χ1) is 7.72. The third-order valence-electron chi connectivity index (χ3n) is 2.15. The van der Waals surface area contributed by atoms with Gasteiger partial charge in [-0.25, -0.2) is 15.2 Å². The Balaban J connectivity index is 2.43. The molecule has 0 bridgehead atoms. The number of hydrogen-bond donors (Lipinski definition) is 1. The van der Waals surface area contributed by atoms with Crippen molar-refractivity contribution < 1.29 is 9.53 Å². The standard InChI is InChI=1S/C10H12N4O2/c1-7-3-4-8(14-11-5-6-12-14)9(13-7)10(15)16-2/h3-5,12H,6H2,1-2H3. The van der Waals surface area contributed by atoms with Gasteiger partial charge in [-0.3, -0.25) is 0 Å². The van der Waals surface area contributed by atoms with Crippen LogP contribution in [0.2, 0.25) is 0 Å². The molecule has 1 aliphatic rings. The van der Waals surface area contributed by atoms with Gasteiger partial charge in [0.2, 0.25) is 0 Å². The van der Waals surface area contributed by atoms with Gasteiger partial charge < -0.3 is 4.74 Å². The number of carbonyl (C=O) groups is 1. The molecule has 1 N–H and O–H groups in total. The first-order valence-electron chi connectivity index (χ1n) is 4.84. The number of hydrogen-bond acceptors (Lipinski definition) is 6. The highest BCUT2D eigenvalue weighted by molar-refractivity contribution is 5.93. The largest absolute Gasteiger partial charge is 0.464 e. The number of pyridine rings is 1. The Morgan fingerprint density at radius 1 is 1.56 bits per heavy atom. The number of esters is 1. The van der Waals surface area contributed by atoms with Gasteiger partial charge >= 0.3 is 5.97 Å². The van der Waals surface area contributed by atoms with Crippen molar-refractivity contribution in [1.29, 1.82) is 0 Å². The van der Waals surface area contributed by atoms with E-state index in [4.69, 9.17) is 0 Å². The number of nitrogens with zero attached hydrogens (tertiary/aromatic N) is 3. The van der Waals surface area contributed by atoms with Crippen molar-refractivity contribution in [3.63, 3.8) is 0 Å². The van der Waals surface area contributed by atoms with Gasteiger partial charge in [0.1, 0.15) is 5.69 Å². The highest BCUT2D eigenvalue weighted by atomic mass is 16.5. The minimum absolute atomic E-state index is 0.258. The van der Waals surface area contributed by atoms with E-state index in [9.17, 15) is 4.79 Å². The number of methoxy groups -OCH3 is 1. The lowest BCUT2D eigenvalue weighted by Crippen LogP contribution is -2.30. The Kier molecular flexibility index (Phi) is 2.82. The molecule has 84 valence electrons. The lowest BCUT2D eigenvalue weighted by Gasteiger charge is -2.16. The van der Waals surface area contributed by atoms with E-state index in [1.165, 1.54) is 12.2 Å². The maximum Gasteiger partial charge on any atom is 0.358 e. The van der Waals surface area contributed by atoms with E-state index in [0.717, 1.165) is 5.69 Å². The highest BCUT2D eigenvalue weighted by Gasteiger charge is 2.20. The fourth-order valence-corrected chi connectivity index (χ4v) is 1.41. The zero-order valence-electron chi connectivity index (χ0n) is 9.10. The molecule has 2 heterocycles. The van der Waals surface area contributed by atoms with Gasteiger partial charge in [-0.15, -0.1) is 0 Å². The van der Waals surface area contributed by atoms with Gasteiger partial charge in [0.25, 0.3) is 0 Å². The van der Waals surface area contributed by atoms with Crippen molar-refractivity contribution in [2.45, 2.75) is 6.92 Å². The third kappa shape index (κ3) is 1.87. The Labute approximate surface area is 92.9 Å². The second-order valence-electron chi connectivity index (χ2n) is 3.28. The number of hydrazone groups is 1. The van der Waals surface area contributed by atoms with Crippen LogP contribution in [0.1, 0.15) is 16.2 Å². The number of carbonyl (C=O) groups excluding carboxylic acids is 1. The molecule has 6 heteroatoms. The molecule has 6 nitrogen and oxygen atoms in total. The molecule has 2 rings (SSSR count). The molecular formula is C10H12N4O2. The molecule has 1 aromatic heterocycles. The van der Waals surface area contributed by atoms with Crippen LogP contribution in [0.3, 0.4) is 0 Å². The third-order valence-corrected chi connectivity index (χ3v) is 2.15. The molecule has 0 aromatic carbocycles. The molecule has 16 heavy (non-hydrogen) atoms. The Bertz CT molecular complexity index is 444. The molecule has 0 aliphatic carbocycles. The Hall–Kier alpha value is -1.95. The lowest BCUT2D eigenvalue weighted by molar-refractivity contribution is 0.0594. The number of nitrogens with one attached hydrogen (secondary N) is 1. The summed E-state index contributed by atoms with van der Waals surface area (Å²) in [4.78, 5) is 15.7. The van der Waals surface area contributed by atoms with Gasteiger partial charge in [-0.1, -0.05) is 0 Å². The van der Waals surface area contributed by atoms with Crippen LogP contribution in [0.25, 0.3) is 0 Å². The molecular weight excluding hydrogens is 208 g/mol. The SMILES string of the molecule is COC(=O)c1nc(C)ccc1N1N=CCN1. The molecule has 0 radical (unpaired) electrons. The molecule has 0 saturated carbocycles. The van der Waals surface area contributed by atoms with Crippen molar-refractivity contribution in [2.75, 3.05) is 18.8 Å². The molecule has 0 spiro atoms.